The highest BCUT2D eigenvalue weighted by atomic mass is 19.4. The molecule has 1 aliphatic rings. The summed E-state index contributed by atoms with van der Waals surface area (Å²) < 4.78 is 39.6. The molecule has 0 aliphatic carbocycles. The van der Waals surface area contributed by atoms with Crippen LogP contribution in [-0.2, 0) is 6.18 Å². The maximum Gasteiger partial charge on any atom is 0.433 e. The number of alkyl halides is 3. The standard InChI is InChI=1S/C18H23F3N6/c1-11(2)14-9-15(18(19,20)21)24-17(23-14)27-7-5-26(6-8-27)16-13(4)12(3)10-22-25-16/h9-11H,5-8H2,1-4H3. The number of hydrogen-bond donors (Lipinski definition) is 0. The molecule has 0 spiro atoms. The minimum atomic E-state index is -4.49. The highest BCUT2D eigenvalue weighted by Gasteiger charge is 2.35. The molecule has 1 fully saturated rings. The summed E-state index contributed by atoms with van der Waals surface area (Å²) >= 11 is 0. The number of piperazine rings is 1. The number of aryl methyl sites for hydroxylation is 1. The van der Waals surface area contributed by atoms with Gasteiger partial charge < -0.3 is 9.80 Å². The molecule has 2 aromatic rings. The molecule has 0 bridgehead atoms. The van der Waals surface area contributed by atoms with Crippen molar-refractivity contribution in [3.05, 3.63) is 34.8 Å². The molecule has 0 saturated carbocycles. The first-order chi connectivity index (χ1) is 12.7. The Labute approximate surface area is 156 Å². The van der Waals surface area contributed by atoms with Gasteiger partial charge in [-0.05, 0) is 37.0 Å². The van der Waals surface area contributed by atoms with Gasteiger partial charge in [-0.3, -0.25) is 0 Å². The van der Waals surface area contributed by atoms with Crippen LogP contribution in [-0.4, -0.2) is 46.3 Å². The summed E-state index contributed by atoms with van der Waals surface area (Å²) in [7, 11) is 0. The van der Waals surface area contributed by atoms with Crippen LogP contribution in [0.15, 0.2) is 12.3 Å². The largest absolute Gasteiger partial charge is 0.433 e. The van der Waals surface area contributed by atoms with Crippen molar-refractivity contribution in [1.82, 2.24) is 20.2 Å². The fraction of sp³-hybridized carbons (Fsp3) is 0.556. The summed E-state index contributed by atoms with van der Waals surface area (Å²) in [6.45, 7) is 9.91. The van der Waals surface area contributed by atoms with E-state index >= 15 is 0 Å². The lowest BCUT2D eigenvalue weighted by Crippen LogP contribution is -2.48. The van der Waals surface area contributed by atoms with Crippen LogP contribution in [0.5, 0.6) is 0 Å². The van der Waals surface area contributed by atoms with E-state index in [2.05, 4.69) is 25.1 Å². The Kier molecular flexibility index (Phi) is 5.21. The Morgan fingerprint density at radius 3 is 2.22 bits per heavy atom. The van der Waals surface area contributed by atoms with Gasteiger partial charge in [0.15, 0.2) is 5.82 Å². The zero-order chi connectivity index (χ0) is 19.8. The minimum absolute atomic E-state index is 0.112. The lowest BCUT2D eigenvalue weighted by atomic mass is 10.1. The topological polar surface area (TPSA) is 58.0 Å². The van der Waals surface area contributed by atoms with Gasteiger partial charge in [0.05, 0.1) is 6.20 Å². The summed E-state index contributed by atoms with van der Waals surface area (Å²) in [6.07, 6.45) is -2.77. The van der Waals surface area contributed by atoms with E-state index in [1.807, 2.05) is 27.7 Å². The van der Waals surface area contributed by atoms with Crippen LogP contribution in [0.1, 0.15) is 42.3 Å². The number of hydrogen-bond acceptors (Lipinski definition) is 6. The molecule has 0 atom stereocenters. The van der Waals surface area contributed by atoms with Gasteiger partial charge in [-0.15, -0.1) is 5.10 Å². The van der Waals surface area contributed by atoms with E-state index < -0.39 is 11.9 Å². The molecule has 146 valence electrons. The molecule has 0 aromatic carbocycles. The van der Waals surface area contributed by atoms with Crippen LogP contribution in [0.4, 0.5) is 24.9 Å². The maximum atomic E-state index is 13.2. The summed E-state index contributed by atoms with van der Waals surface area (Å²) in [5.74, 6) is 0.849. The van der Waals surface area contributed by atoms with Crippen LogP contribution >= 0.6 is 0 Å². The fourth-order valence-corrected chi connectivity index (χ4v) is 2.97. The normalized spacial score (nSPS) is 15.6. The molecule has 3 rings (SSSR count). The second kappa shape index (κ2) is 7.28. The molecule has 6 nitrogen and oxygen atoms in total. The highest BCUT2D eigenvalue weighted by Crippen LogP contribution is 2.31. The number of aromatic nitrogens is 4. The van der Waals surface area contributed by atoms with Gasteiger partial charge >= 0.3 is 6.18 Å². The number of rotatable bonds is 3. The van der Waals surface area contributed by atoms with Gasteiger partial charge in [-0.1, -0.05) is 13.8 Å². The second-order valence-electron chi connectivity index (χ2n) is 7.08. The van der Waals surface area contributed by atoms with Crippen molar-refractivity contribution in [3.8, 4) is 0 Å². The average Bonchev–Trinajstić information content (AvgIpc) is 2.63. The molecule has 0 radical (unpaired) electrons. The lowest BCUT2D eigenvalue weighted by Gasteiger charge is -2.36. The van der Waals surface area contributed by atoms with Crippen LogP contribution < -0.4 is 9.80 Å². The smallest absolute Gasteiger partial charge is 0.351 e. The van der Waals surface area contributed by atoms with E-state index in [9.17, 15) is 13.2 Å². The number of halogens is 3. The van der Waals surface area contributed by atoms with Gasteiger partial charge in [0.2, 0.25) is 5.95 Å². The van der Waals surface area contributed by atoms with Gasteiger partial charge in [-0.25, -0.2) is 9.97 Å². The summed E-state index contributed by atoms with van der Waals surface area (Å²) in [6, 6.07) is 1.04. The summed E-state index contributed by atoms with van der Waals surface area (Å²) in [4.78, 5) is 12.1. The van der Waals surface area contributed by atoms with Gasteiger partial charge in [0, 0.05) is 31.9 Å². The van der Waals surface area contributed by atoms with Crippen molar-refractivity contribution < 1.29 is 13.2 Å². The molecule has 0 N–H and O–H groups in total. The van der Waals surface area contributed by atoms with Gasteiger partial charge in [0.1, 0.15) is 5.69 Å². The molecular formula is C18H23F3N6. The van der Waals surface area contributed by atoms with E-state index in [1.54, 1.807) is 11.1 Å². The Morgan fingerprint density at radius 1 is 1.00 bits per heavy atom. The number of anilines is 2. The monoisotopic (exact) mass is 380 g/mol. The molecule has 9 heteroatoms. The van der Waals surface area contributed by atoms with Gasteiger partial charge in [0.25, 0.3) is 0 Å². The average molecular weight is 380 g/mol. The maximum absolute atomic E-state index is 13.2. The minimum Gasteiger partial charge on any atom is -0.351 e. The van der Waals surface area contributed by atoms with E-state index in [-0.39, 0.29) is 11.9 Å². The zero-order valence-electron chi connectivity index (χ0n) is 15.9. The Bertz CT molecular complexity index is 813. The Morgan fingerprint density at radius 2 is 1.63 bits per heavy atom. The van der Waals surface area contributed by atoms with Crippen molar-refractivity contribution >= 4 is 11.8 Å². The molecule has 0 unspecified atom stereocenters. The molecule has 2 aromatic heterocycles. The lowest BCUT2D eigenvalue weighted by molar-refractivity contribution is -0.141. The van der Waals surface area contributed by atoms with E-state index in [0.29, 0.717) is 31.9 Å². The van der Waals surface area contributed by atoms with Crippen LogP contribution in [0.3, 0.4) is 0 Å². The quantitative estimate of drug-likeness (QED) is 0.814. The molecular weight excluding hydrogens is 357 g/mol. The zero-order valence-corrected chi connectivity index (χ0v) is 15.9. The van der Waals surface area contributed by atoms with E-state index in [0.717, 1.165) is 23.0 Å². The van der Waals surface area contributed by atoms with E-state index in [4.69, 9.17) is 0 Å². The highest BCUT2D eigenvalue weighted by molar-refractivity contribution is 5.50. The molecule has 3 heterocycles. The van der Waals surface area contributed by atoms with Crippen LogP contribution in [0.25, 0.3) is 0 Å². The SMILES string of the molecule is Cc1cnnc(N2CCN(c3nc(C(C)C)cc(C(F)(F)F)n3)CC2)c1C. The molecule has 0 amide bonds. The first-order valence-electron chi connectivity index (χ1n) is 8.91. The van der Waals surface area contributed by atoms with Crippen molar-refractivity contribution in [1.29, 1.82) is 0 Å². The predicted octanol–water partition coefficient (Wildman–Crippen LogP) is 3.35. The third kappa shape index (κ3) is 4.12. The van der Waals surface area contributed by atoms with Gasteiger partial charge in [-0.2, -0.15) is 18.3 Å². The molecule has 1 saturated heterocycles. The third-order valence-electron chi connectivity index (χ3n) is 4.81. The second-order valence-corrected chi connectivity index (χ2v) is 7.08. The summed E-state index contributed by atoms with van der Waals surface area (Å²) in [5.41, 5.74) is 1.63. The fourth-order valence-electron chi connectivity index (χ4n) is 2.97. The van der Waals surface area contributed by atoms with Crippen molar-refractivity contribution in [2.75, 3.05) is 36.0 Å². The first kappa shape index (κ1) is 19.3. The summed E-state index contributed by atoms with van der Waals surface area (Å²) in [5, 5.41) is 8.23. The first-order valence-corrected chi connectivity index (χ1v) is 8.91. The van der Waals surface area contributed by atoms with Crippen molar-refractivity contribution in [2.24, 2.45) is 0 Å². The predicted molar refractivity (Wildman–Crippen MR) is 97.1 cm³/mol. The van der Waals surface area contributed by atoms with Crippen LogP contribution in [0, 0.1) is 13.8 Å². The number of nitrogens with zero attached hydrogens (tertiary/aromatic N) is 6. The Hall–Kier alpha value is -2.45. The van der Waals surface area contributed by atoms with Crippen LogP contribution in [0.2, 0.25) is 0 Å². The Balaban J connectivity index is 1.81. The van der Waals surface area contributed by atoms with Crippen molar-refractivity contribution in [3.63, 3.8) is 0 Å². The molecule has 1 aliphatic heterocycles. The molecule has 27 heavy (non-hydrogen) atoms. The third-order valence-corrected chi connectivity index (χ3v) is 4.81. The van der Waals surface area contributed by atoms with Crippen molar-refractivity contribution in [2.45, 2.75) is 39.8 Å². The van der Waals surface area contributed by atoms with E-state index in [1.165, 1.54) is 0 Å².